The molecular weight excluding hydrogens is 403 g/mol. The van der Waals surface area contributed by atoms with Crippen molar-refractivity contribution in [3.63, 3.8) is 0 Å². The van der Waals surface area contributed by atoms with Crippen LogP contribution in [0.3, 0.4) is 0 Å². The molecule has 0 radical (unpaired) electrons. The number of aromatic nitrogens is 4. The molecule has 0 fully saturated rings. The highest BCUT2D eigenvalue weighted by Crippen LogP contribution is 2.25. The van der Waals surface area contributed by atoms with Crippen molar-refractivity contribution in [2.24, 2.45) is 0 Å². The van der Waals surface area contributed by atoms with E-state index in [-0.39, 0.29) is 0 Å². The third kappa shape index (κ3) is 5.00. The van der Waals surface area contributed by atoms with E-state index < -0.39 is 0 Å². The zero-order chi connectivity index (χ0) is 19.4. The van der Waals surface area contributed by atoms with Crippen LogP contribution in [-0.4, -0.2) is 24.7 Å². The molecular formula is C18H20Cl2N6S. The minimum absolute atomic E-state index is 0.482. The molecule has 0 spiro atoms. The van der Waals surface area contributed by atoms with Crippen molar-refractivity contribution in [1.82, 2.24) is 24.9 Å². The van der Waals surface area contributed by atoms with Gasteiger partial charge in [-0.3, -0.25) is 9.36 Å². The molecule has 3 rings (SSSR count). The molecule has 0 saturated carbocycles. The van der Waals surface area contributed by atoms with E-state index in [1.165, 1.54) is 0 Å². The van der Waals surface area contributed by atoms with Crippen molar-refractivity contribution in [3.05, 3.63) is 63.5 Å². The molecule has 0 aliphatic heterocycles. The largest absolute Gasteiger partial charge is 0.358 e. The molecule has 9 heteroatoms. The summed E-state index contributed by atoms with van der Waals surface area (Å²) in [5, 5.41) is 16.9. The number of hydrogen-bond donors (Lipinski definition) is 2. The third-order valence-electron chi connectivity index (χ3n) is 4.08. The fourth-order valence-electron chi connectivity index (χ4n) is 2.59. The minimum atomic E-state index is 0.482. The van der Waals surface area contributed by atoms with Crippen molar-refractivity contribution >= 4 is 46.4 Å². The summed E-state index contributed by atoms with van der Waals surface area (Å²) in [5.41, 5.74) is 2.94. The van der Waals surface area contributed by atoms with Gasteiger partial charge in [0.2, 0.25) is 0 Å². The maximum Gasteiger partial charge on any atom is 0.172 e. The van der Waals surface area contributed by atoms with Crippen LogP contribution in [0.15, 0.2) is 36.7 Å². The molecule has 6 nitrogen and oxygen atoms in total. The first-order chi connectivity index (χ1) is 13.0. The van der Waals surface area contributed by atoms with Crippen LogP contribution in [0.4, 0.5) is 5.82 Å². The van der Waals surface area contributed by atoms with Gasteiger partial charge in [-0.15, -0.1) is 0 Å². The van der Waals surface area contributed by atoms with Gasteiger partial charge in [0, 0.05) is 52.7 Å². The molecule has 0 aliphatic carbocycles. The summed E-state index contributed by atoms with van der Waals surface area (Å²) in [7, 11) is 0. The highest BCUT2D eigenvalue weighted by molar-refractivity contribution is 7.80. The summed E-state index contributed by atoms with van der Waals surface area (Å²) in [5.74, 6) is 0.650. The van der Waals surface area contributed by atoms with E-state index in [0.29, 0.717) is 34.1 Å². The molecule has 2 aromatic heterocycles. The second-order valence-electron chi connectivity index (χ2n) is 6.00. The second-order valence-corrected chi connectivity index (χ2v) is 7.22. The van der Waals surface area contributed by atoms with E-state index in [0.717, 1.165) is 23.4 Å². The lowest BCUT2D eigenvalue weighted by Gasteiger charge is -2.09. The van der Waals surface area contributed by atoms with Gasteiger partial charge in [-0.1, -0.05) is 29.3 Å². The van der Waals surface area contributed by atoms with Crippen LogP contribution in [0.25, 0.3) is 0 Å². The monoisotopic (exact) mass is 422 g/mol. The highest BCUT2D eigenvalue weighted by Gasteiger charge is 2.09. The van der Waals surface area contributed by atoms with Crippen LogP contribution in [0.5, 0.6) is 0 Å². The molecule has 2 heterocycles. The van der Waals surface area contributed by atoms with E-state index in [4.69, 9.17) is 35.4 Å². The van der Waals surface area contributed by atoms with Crippen molar-refractivity contribution in [2.75, 3.05) is 5.32 Å². The molecule has 3 aromatic rings. The number of nitrogens with zero attached hydrogens (tertiary/aromatic N) is 4. The lowest BCUT2D eigenvalue weighted by atomic mass is 10.2. The lowest BCUT2D eigenvalue weighted by Crippen LogP contribution is -2.28. The van der Waals surface area contributed by atoms with Gasteiger partial charge in [0.1, 0.15) is 0 Å². The predicted molar refractivity (Wildman–Crippen MR) is 113 cm³/mol. The van der Waals surface area contributed by atoms with E-state index >= 15 is 0 Å². The van der Waals surface area contributed by atoms with Crippen molar-refractivity contribution in [3.8, 4) is 0 Å². The first kappa shape index (κ1) is 19.7. The molecule has 1 aromatic carbocycles. The molecule has 0 saturated heterocycles. The fourth-order valence-corrected chi connectivity index (χ4v) is 3.29. The summed E-state index contributed by atoms with van der Waals surface area (Å²) in [6.45, 7) is 5.98. The molecule has 0 aliphatic rings. The number of aryl methyl sites for hydroxylation is 2. The molecule has 0 bridgehead atoms. The number of nitrogens with one attached hydrogen (secondary N) is 2. The standard InChI is InChI=1S/C18H20Cl2N6S/c1-3-25-10-13(12(2)23-25)9-21-18(27)22-17-7-8-26(24-17)11-14-15(19)5-4-6-16(14)20/h4-8,10H,3,9,11H2,1-2H3,(H2,21,22,24,27). The average molecular weight is 423 g/mol. The van der Waals surface area contributed by atoms with Gasteiger partial charge in [0.25, 0.3) is 0 Å². The Bertz CT molecular complexity index is 929. The van der Waals surface area contributed by atoms with Gasteiger partial charge in [0.15, 0.2) is 10.9 Å². The number of hydrogen-bond acceptors (Lipinski definition) is 3. The Morgan fingerprint density at radius 1 is 1.15 bits per heavy atom. The molecule has 0 amide bonds. The molecule has 27 heavy (non-hydrogen) atoms. The highest BCUT2D eigenvalue weighted by atomic mass is 35.5. The molecule has 0 unspecified atom stereocenters. The van der Waals surface area contributed by atoms with Crippen LogP contribution in [0.1, 0.15) is 23.7 Å². The number of benzene rings is 1. The van der Waals surface area contributed by atoms with Crippen LogP contribution in [0, 0.1) is 6.92 Å². The van der Waals surface area contributed by atoms with Gasteiger partial charge in [0.05, 0.1) is 12.2 Å². The maximum atomic E-state index is 6.22. The Labute approximate surface area is 173 Å². The summed E-state index contributed by atoms with van der Waals surface area (Å²) in [4.78, 5) is 0. The van der Waals surface area contributed by atoms with E-state index in [1.54, 1.807) is 4.68 Å². The lowest BCUT2D eigenvalue weighted by molar-refractivity contribution is 0.653. The number of halogens is 2. The van der Waals surface area contributed by atoms with Gasteiger partial charge in [-0.05, 0) is 38.2 Å². The Kier molecular flexibility index (Phi) is 6.36. The van der Waals surface area contributed by atoms with Crippen LogP contribution in [0.2, 0.25) is 10.0 Å². The summed E-state index contributed by atoms with van der Waals surface area (Å²) >= 11 is 17.8. The van der Waals surface area contributed by atoms with Crippen LogP contribution >= 0.6 is 35.4 Å². The van der Waals surface area contributed by atoms with Gasteiger partial charge >= 0.3 is 0 Å². The Morgan fingerprint density at radius 2 is 1.89 bits per heavy atom. The molecule has 0 atom stereocenters. The first-order valence-electron chi connectivity index (χ1n) is 8.50. The smallest absolute Gasteiger partial charge is 0.172 e. The normalized spacial score (nSPS) is 10.8. The Hall–Kier alpha value is -2.09. The van der Waals surface area contributed by atoms with Crippen LogP contribution < -0.4 is 10.6 Å². The van der Waals surface area contributed by atoms with E-state index in [1.807, 2.05) is 48.3 Å². The van der Waals surface area contributed by atoms with Crippen LogP contribution in [-0.2, 0) is 19.6 Å². The average Bonchev–Trinajstić information content (AvgIpc) is 3.22. The molecule has 2 N–H and O–H groups in total. The van der Waals surface area contributed by atoms with Crippen molar-refractivity contribution in [1.29, 1.82) is 0 Å². The van der Waals surface area contributed by atoms with E-state index in [2.05, 4.69) is 27.8 Å². The van der Waals surface area contributed by atoms with Gasteiger partial charge in [-0.25, -0.2) is 0 Å². The van der Waals surface area contributed by atoms with Gasteiger partial charge < -0.3 is 10.6 Å². The number of anilines is 1. The Morgan fingerprint density at radius 3 is 2.56 bits per heavy atom. The van der Waals surface area contributed by atoms with Crippen molar-refractivity contribution in [2.45, 2.75) is 33.5 Å². The first-order valence-corrected chi connectivity index (χ1v) is 9.66. The van der Waals surface area contributed by atoms with E-state index in [9.17, 15) is 0 Å². The maximum absolute atomic E-state index is 6.22. The Balaban J connectivity index is 1.57. The minimum Gasteiger partial charge on any atom is -0.358 e. The second kappa shape index (κ2) is 8.73. The topological polar surface area (TPSA) is 59.7 Å². The number of thiocarbonyl (C=S) groups is 1. The molecule has 142 valence electrons. The predicted octanol–water partition coefficient (Wildman–Crippen LogP) is 4.25. The summed E-state index contributed by atoms with van der Waals surface area (Å²) < 4.78 is 3.66. The quantitative estimate of drug-likeness (QED) is 0.581. The number of rotatable bonds is 6. The van der Waals surface area contributed by atoms with Crippen molar-refractivity contribution < 1.29 is 0 Å². The summed E-state index contributed by atoms with van der Waals surface area (Å²) in [6, 6.07) is 7.29. The zero-order valence-corrected chi connectivity index (χ0v) is 17.4. The SMILES string of the molecule is CCn1cc(CNC(=S)Nc2ccn(Cc3c(Cl)cccc3Cl)n2)c(C)n1. The zero-order valence-electron chi connectivity index (χ0n) is 15.0. The summed E-state index contributed by atoms with van der Waals surface area (Å²) in [6.07, 6.45) is 3.87. The van der Waals surface area contributed by atoms with Gasteiger partial charge in [-0.2, -0.15) is 10.2 Å². The fraction of sp³-hybridized carbons (Fsp3) is 0.278. The third-order valence-corrected chi connectivity index (χ3v) is 5.03.